The van der Waals surface area contributed by atoms with Gasteiger partial charge in [0.2, 0.25) is 5.91 Å². The van der Waals surface area contributed by atoms with E-state index < -0.39 is 5.41 Å². The molecule has 1 aliphatic heterocycles. The predicted molar refractivity (Wildman–Crippen MR) is 63.3 cm³/mol. The summed E-state index contributed by atoms with van der Waals surface area (Å²) in [5.74, 6) is -0.0216. The fourth-order valence-electron chi connectivity index (χ4n) is 2.32. The molecule has 0 aromatic rings. The third-order valence-corrected chi connectivity index (χ3v) is 4.26. The van der Waals surface area contributed by atoms with Crippen molar-refractivity contribution in [1.82, 2.24) is 5.32 Å². The van der Waals surface area contributed by atoms with Crippen LogP contribution in [-0.4, -0.2) is 43.4 Å². The van der Waals surface area contributed by atoms with Gasteiger partial charge in [0.15, 0.2) is 0 Å². The van der Waals surface area contributed by atoms with Crippen LogP contribution in [0.1, 0.15) is 26.2 Å². The van der Waals surface area contributed by atoms with E-state index in [-0.39, 0.29) is 24.0 Å². The summed E-state index contributed by atoms with van der Waals surface area (Å²) >= 11 is 0. The minimum Gasteiger partial charge on any atom is -0.396 e. The lowest BCUT2D eigenvalue weighted by molar-refractivity contribution is -0.131. The number of aliphatic hydroxyl groups is 1. The van der Waals surface area contributed by atoms with Gasteiger partial charge in [-0.05, 0) is 31.6 Å². The maximum atomic E-state index is 12.1. The number of hydrogen-bond acceptors (Lipinski definition) is 4. The topological polar surface area (TPSA) is 84.6 Å². The van der Waals surface area contributed by atoms with Crippen LogP contribution in [0.2, 0.25) is 0 Å². The lowest BCUT2D eigenvalue weighted by Crippen LogP contribution is -2.51. The van der Waals surface area contributed by atoms with E-state index in [2.05, 4.69) is 5.32 Å². The molecule has 2 fully saturated rings. The highest BCUT2D eigenvalue weighted by Gasteiger charge is 2.47. The zero-order valence-electron chi connectivity index (χ0n) is 10.4. The second-order valence-electron chi connectivity index (χ2n) is 5.70. The smallest absolute Gasteiger partial charge is 0.229 e. The van der Waals surface area contributed by atoms with Crippen LogP contribution >= 0.6 is 0 Å². The van der Waals surface area contributed by atoms with E-state index in [1.807, 2.05) is 6.92 Å². The first-order valence-electron chi connectivity index (χ1n) is 6.25. The van der Waals surface area contributed by atoms with Crippen LogP contribution < -0.4 is 11.1 Å². The first-order chi connectivity index (χ1) is 8.02. The van der Waals surface area contributed by atoms with Gasteiger partial charge in [-0.2, -0.15) is 0 Å². The Morgan fingerprint density at radius 2 is 2.29 bits per heavy atom. The van der Waals surface area contributed by atoms with Gasteiger partial charge in [-0.15, -0.1) is 0 Å². The van der Waals surface area contributed by atoms with Crippen molar-refractivity contribution in [3.63, 3.8) is 0 Å². The Bertz CT molecular complexity index is 304. The van der Waals surface area contributed by atoms with Crippen LogP contribution in [0, 0.1) is 10.8 Å². The molecule has 0 aromatic carbocycles. The second kappa shape index (κ2) is 4.55. The summed E-state index contributed by atoms with van der Waals surface area (Å²) in [6, 6.07) is -0.226. The Morgan fingerprint density at radius 3 is 2.76 bits per heavy atom. The number of carbonyl (C=O) groups is 1. The molecule has 5 heteroatoms. The second-order valence-corrected chi connectivity index (χ2v) is 5.70. The summed E-state index contributed by atoms with van der Waals surface area (Å²) in [7, 11) is 0. The minimum absolute atomic E-state index is 0.0216. The zero-order valence-corrected chi connectivity index (χ0v) is 10.4. The molecule has 1 saturated carbocycles. The molecule has 17 heavy (non-hydrogen) atoms. The van der Waals surface area contributed by atoms with Crippen molar-refractivity contribution in [2.45, 2.75) is 32.2 Å². The largest absolute Gasteiger partial charge is 0.396 e. The molecular formula is C12H22N2O3. The number of hydrogen-bond donors (Lipinski definition) is 3. The molecule has 2 atom stereocenters. The highest BCUT2D eigenvalue weighted by Crippen LogP contribution is 2.48. The summed E-state index contributed by atoms with van der Waals surface area (Å²) in [6.45, 7) is 3.54. The van der Waals surface area contributed by atoms with Gasteiger partial charge in [0.05, 0.1) is 18.6 Å². The van der Waals surface area contributed by atoms with Crippen LogP contribution in [0.4, 0.5) is 0 Å². The summed E-state index contributed by atoms with van der Waals surface area (Å²) in [5.41, 5.74) is 5.44. The number of ether oxygens (including phenoxy) is 1. The monoisotopic (exact) mass is 242 g/mol. The highest BCUT2D eigenvalue weighted by atomic mass is 16.5. The molecule has 1 amide bonds. The van der Waals surface area contributed by atoms with Crippen molar-refractivity contribution in [3.05, 3.63) is 0 Å². The summed E-state index contributed by atoms with van der Waals surface area (Å²) in [4.78, 5) is 12.1. The van der Waals surface area contributed by atoms with Crippen LogP contribution in [-0.2, 0) is 9.53 Å². The molecule has 2 unspecified atom stereocenters. The Hall–Kier alpha value is -0.650. The number of carbonyl (C=O) groups excluding carboxylic acids is 1. The standard InChI is InChI=1S/C12H22N2O3/c1-11(8-17-6-9(11)13)10(16)14-7-12(2-3-12)4-5-15/h9,15H,2-8,13H2,1H3,(H,14,16). The Balaban J connectivity index is 1.85. The molecule has 0 aromatic heterocycles. The van der Waals surface area contributed by atoms with E-state index in [1.165, 1.54) is 0 Å². The lowest BCUT2D eigenvalue weighted by atomic mass is 9.84. The molecule has 98 valence electrons. The predicted octanol–water partition coefficient (Wildman–Crippen LogP) is -0.371. The van der Waals surface area contributed by atoms with Gasteiger partial charge in [-0.25, -0.2) is 0 Å². The van der Waals surface area contributed by atoms with Crippen molar-refractivity contribution < 1.29 is 14.6 Å². The molecule has 0 radical (unpaired) electrons. The molecule has 1 aliphatic carbocycles. The molecule has 2 aliphatic rings. The maximum absolute atomic E-state index is 12.1. The van der Waals surface area contributed by atoms with Crippen molar-refractivity contribution in [2.75, 3.05) is 26.4 Å². The van der Waals surface area contributed by atoms with Crippen LogP contribution in [0.15, 0.2) is 0 Å². The molecule has 0 spiro atoms. The third kappa shape index (κ3) is 2.46. The molecule has 2 rings (SSSR count). The first kappa shape index (κ1) is 12.8. The van der Waals surface area contributed by atoms with E-state index in [4.69, 9.17) is 15.6 Å². The van der Waals surface area contributed by atoms with Crippen LogP contribution in [0.25, 0.3) is 0 Å². The van der Waals surface area contributed by atoms with Crippen LogP contribution in [0.3, 0.4) is 0 Å². The van der Waals surface area contributed by atoms with Crippen molar-refractivity contribution in [1.29, 1.82) is 0 Å². The fourth-order valence-corrected chi connectivity index (χ4v) is 2.32. The molecule has 1 saturated heterocycles. The Labute approximate surface area is 102 Å². The maximum Gasteiger partial charge on any atom is 0.229 e. The number of nitrogens with one attached hydrogen (secondary N) is 1. The number of nitrogens with two attached hydrogens (primary N) is 1. The van der Waals surface area contributed by atoms with Crippen molar-refractivity contribution in [2.24, 2.45) is 16.6 Å². The van der Waals surface area contributed by atoms with Gasteiger partial charge in [0, 0.05) is 19.2 Å². The molecule has 5 nitrogen and oxygen atoms in total. The van der Waals surface area contributed by atoms with E-state index >= 15 is 0 Å². The molecule has 4 N–H and O–H groups in total. The van der Waals surface area contributed by atoms with E-state index in [1.54, 1.807) is 0 Å². The molecular weight excluding hydrogens is 220 g/mol. The van der Waals surface area contributed by atoms with Gasteiger partial charge >= 0.3 is 0 Å². The van der Waals surface area contributed by atoms with E-state index in [9.17, 15) is 4.79 Å². The van der Waals surface area contributed by atoms with Gasteiger partial charge in [-0.1, -0.05) is 0 Å². The van der Waals surface area contributed by atoms with Gasteiger partial charge < -0.3 is 20.9 Å². The molecule has 1 heterocycles. The normalized spacial score (nSPS) is 34.6. The number of aliphatic hydroxyl groups excluding tert-OH is 1. The molecule has 0 bridgehead atoms. The van der Waals surface area contributed by atoms with Gasteiger partial charge in [0.25, 0.3) is 0 Å². The highest BCUT2D eigenvalue weighted by molar-refractivity contribution is 5.83. The summed E-state index contributed by atoms with van der Waals surface area (Å²) in [6.07, 6.45) is 2.95. The van der Waals surface area contributed by atoms with Gasteiger partial charge in [-0.3, -0.25) is 4.79 Å². The SMILES string of the molecule is CC1(C(=O)NCC2(CCO)CC2)COCC1N. The summed E-state index contributed by atoms with van der Waals surface area (Å²) in [5, 5.41) is 11.9. The minimum atomic E-state index is -0.602. The van der Waals surface area contributed by atoms with E-state index in [0.717, 1.165) is 19.3 Å². The quantitative estimate of drug-likeness (QED) is 0.614. The lowest BCUT2D eigenvalue weighted by Gasteiger charge is -2.26. The Morgan fingerprint density at radius 1 is 1.59 bits per heavy atom. The number of rotatable bonds is 5. The van der Waals surface area contributed by atoms with E-state index in [0.29, 0.717) is 19.8 Å². The average molecular weight is 242 g/mol. The van der Waals surface area contributed by atoms with Crippen LogP contribution in [0.5, 0.6) is 0 Å². The fraction of sp³-hybridized carbons (Fsp3) is 0.917. The summed E-state index contributed by atoms with van der Waals surface area (Å²) < 4.78 is 5.26. The van der Waals surface area contributed by atoms with Crippen molar-refractivity contribution in [3.8, 4) is 0 Å². The third-order valence-electron chi connectivity index (χ3n) is 4.26. The van der Waals surface area contributed by atoms with Crippen molar-refractivity contribution >= 4 is 5.91 Å². The zero-order chi connectivity index (χ0) is 12.5. The first-order valence-corrected chi connectivity index (χ1v) is 6.25. The Kier molecular flexibility index (Phi) is 3.43. The van der Waals surface area contributed by atoms with Gasteiger partial charge in [0.1, 0.15) is 0 Å². The number of amides is 1. The average Bonchev–Trinajstić information content (AvgIpc) is 2.98.